The van der Waals surface area contributed by atoms with E-state index in [0.29, 0.717) is 0 Å². The Kier molecular flexibility index (Phi) is 7.52. The molecule has 1 atom stereocenters. The van der Waals surface area contributed by atoms with Crippen molar-refractivity contribution in [1.82, 2.24) is 0 Å². The molecule has 0 amide bonds. The van der Waals surface area contributed by atoms with Crippen molar-refractivity contribution in [3.63, 3.8) is 0 Å². The van der Waals surface area contributed by atoms with Gasteiger partial charge < -0.3 is 0 Å². The summed E-state index contributed by atoms with van der Waals surface area (Å²) in [6.45, 7) is 4.15. The first-order valence-corrected chi connectivity index (χ1v) is 4.30. The zero-order valence-corrected chi connectivity index (χ0v) is 7.38. The Morgan fingerprint density at radius 1 is 1.36 bits per heavy atom. The molecule has 0 aromatic heterocycles. The predicted octanol–water partition coefficient (Wildman–Crippen LogP) is 2.87. The fraction of sp³-hybridized carbons (Fsp3) is 0.778. The van der Waals surface area contributed by atoms with E-state index in [-0.39, 0.29) is 6.10 Å². The Morgan fingerprint density at radius 2 is 2.09 bits per heavy atom. The molecule has 1 unspecified atom stereocenters. The Labute approximate surface area is 68.8 Å². The SMILES string of the molecule is CCC/C=C\C(CCC)O[O]. The van der Waals surface area contributed by atoms with Crippen LogP contribution in [0.1, 0.15) is 39.5 Å². The minimum absolute atomic E-state index is 0.216. The molecule has 0 heterocycles. The summed E-state index contributed by atoms with van der Waals surface area (Å²) in [4.78, 5) is 4.00. The lowest BCUT2D eigenvalue weighted by molar-refractivity contribution is -0.325. The Hall–Kier alpha value is -0.340. The molecule has 0 aliphatic heterocycles. The standard InChI is InChI=1S/C9H17O2/c1-3-5-6-8-9(11-10)7-4-2/h6,8-9H,3-5,7H2,1-2H3/b8-6-. The zero-order chi connectivity index (χ0) is 8.53. The third kappa shape index (κ3) is 6.07. The molecule has 0 saturated carbocycles. The molecule has 0 fully saturated rings. The maximum atomic E-state index is 10.1. The van der Waals surface area contributed by atoms with Gasteiger partial charge in [0.2, 0.25) is 0 Å². The van der Waals surface area contributed by atoms with Crippen molar-refractivity contribution in [1.29, 1.82) is 0 Å². The van der Waals surface area contributed by atoms with Crippen molar-refractivity contribution in [2.24, 2.45) is 0 Å². The van der Waals surface area contributed by atoms with Gasteiger partial charge in [0.25, 0.3) is 0 Å². The average molecular weight is 157 g/mol. The second-order valence-corrected chi connectivity index (χ2v) is 2.64. The predicted molar refractivity (Wildman–Crippen MR) is 44.5 cm³/mol. The molecule has 0 aliphatic carbocycles. The van der Waals surface area contributed by atoms with Crippen LogP contribution >= 0.6 is 0 Å². The molecule has 0 saturated heterocycles. The van der Waals surface area contributed by atoms with E-state index in [9.17, 15) is 5.26 Å². The van der Waals surface area contributed by atoms with Gasteiger partial charge in [-0.25, -0.2) is 0 Å². The normalized spacial score (nSPS) is 14.1. The minimum atomic E-state index is -0.216. The van der Waals surface area contributed by atoms with Gasteiger partial charge >= 0.3 is 0 Å². The molecule has 0 aromatic carbocycles. The second-order valence-electron chi connectivity index (χ2n) is 2.64. The van der Waals surface area contributed by atoms with Crippen LogP contribution in [0.3, 0.4) is 0 Å². The first-order chi connectivity index (χ1) is 5.35. The smallest absolute Gasteiger partial charge is 0.114 e. The summed E-state index contributed by atoms with van der Waals surface area (Å²) in [6, 6.07) is 0. The monoisotopic (exact) mass is 157 g/mol. The third-order valence-electron chi connectivity index (χ3n) is 1.50. The van der Waals surface area contributed by atoms with Crippen LogP contribution in [-0.2, 0) is 10.1 Å². The molecule has 0 aliphatic rings. The summed E-state index contributed by atoms with van der Waals surface area (Å²) >= 11 is 0. The van der Waals surface area contributed by atoms with E-state index in [1.54, 1.807) is 0 Å². The highest BCUT2D eigenvalue weighted by Gasteiger charge is 2.01. The number of hydrogen-bond donors (Lipinski definition) is 0. The summed E-state index contributed by atoms with van der Waals surface area (Å²) in [7, 11) is 0. The molecule has 0 aromatic rings. The molecule has 0 spiro atoms. The maximum Gasteiger partial charge on any atom is 0.114 e. The fourth-order valence-electron chi connectivity index (χ4n) is 0.876. The molecule has 2 nitrogen and oxygen atoms in total. The summed E-state index contributed by atoms with van der Waals surface area (Å²) in [5.74, 6) is 0. The summed E-state index contributed by atoms with van der Waals surface area (Å²) in [5, 5.41) is 10.1. The zero-order valence-electron chi connectivity index (χ0n) is 7.38. The summed E-state index contributed by atoms with van der Waals surface area (Å²) < 4.78 is 0. The van der Waals surface area contributed by atoms with Gasteiger partial charge in [-0.15, -0.1) is 0 Å². The van der Waals surface area contributed by atoms with Crippen LogP contribution in [0.25, 0.3) is 0 Å². The van der Waals surface area contributed by atoms with Crippen molar-refractivity contribution in [2.45, 2.75) is 45.6 Å². The number of allylic oxidation sites excluding steroid dienone is 1. The molecule has 1 radical (unpaired) electrons. The van der Waals surface area contributed by atoms with Crippen molar-refractivity contribution in [2.75, 3.05) is 0 Å². The van der Waals surface area contributed by atoms with Crippen LogP contribution in [0, 0.1) is 0 Å². The van der Waals surface area contributed by atoms with Gasteiger partial charge in [-0.05, 0) is 18.1 Å². The van der Waals surface area contributed by atoms with Gasteiger partial charge in [-0.2, -0.15) is 4.89 Å². The van der Waals surface area contributed by atoms with Crippen LogP contribution in [0.15, 0.2) is 12.2 Å². The molecule has 65 valence electrons. The van der Waals surface area contributed by atoms with Gasteiger partial charge in [0.15, 0.2) is 0 Å². The van der Waals surface area contributed by atoms with Gasteiger partial charge in [-0.1, -0.05) is 38.8 Å². The van der Waals surface area contributed by atoms with Crippen LogP contribution in [0.2, 0.25) is 0 Å². The lowest BCUT2D eigenvalue weighted by Crippen LogP contribution is -2.04. The van der Waals surface area contributed by atoms with E-state index in [0.717, 1.165) is 25.7 Å². The summed E-state index contributed by atoms with van der Waals surface area (Å²) in [5.41, 5.74) is 0. The number of rotatable bonds is 6. The molecular formula is C9H17O2. The highest BCUT2D eigenvalue weighted by atomic mass is 17.1. The summed E-state index contributed by atoms with van der Waals surface area (Å²) in [6.07, 6.45) is 7.62. The van der Waals surface area contributed by atoms with Crippen LogP contribution in [0.5, 0.6) is 0 Å². The molecule has 2 heteroatoms. The average Bonchev–Trinajstić information content (AvgIpc) is 2.03. The molecule has 11 heavy (non-hydrogen) atoms. The molecule has 0 N–H and O–H groups in total. The van der Waals surface area contributed by atoms with E-state index < -0.39 is 0 Å². The van der Waals surface area contributed by atoms with E-state index in [4.69, 9.17) is 0 Å². The largest absolute Gasteiger partial charge is 0.196 e. The van der Waals surface area contributed by atoms with Gasteiger partial charge in [0.05, 0.1) is 0 Å². The quantitative estimate of drug-likeness (QED) is 0.331. The lowest BCUT2D eigenvalue weighted by atomic mass is 10.2. The minimum Gasteiger partial charge on any atom is -0.196 e. The van der Waals surface area contributed by atoms with Crippen LogP contribution in [0.4, 0.5) is 0 Å². The van der Waals surface area contributed by atoms with Gasteiger partial charge in [0, 0.05) is 0 Å². The van der Waals surface area contributed by atoms with Crippen molar-refractivity contribution >= 4 is 0 Å². The van der Waals surface area contributed by atoms with Crippen molar-refractivity contribution in [3.8, 4) is 0 Å². The van der Waals surface area contributed by atoms with E-state index in [1.165, 1.54) is 0 Å². The highest BCUT2D eigenvalue weighted by Crippen LogP contribution is 2.03. The van der Waals surface area contributed by atoms with Crippen LogP contribution < -0.4 is 0 Å². The van der Waals surface area contributed by atoms with Gasteiger partial charge in [0.1, 0.15) is 6.10 Å². The maximum absolute atomic E-state index is 10.1. The Bertz CT molecular complexity index is 99.7. The first-order valence-electron chi connectivity index (χ1n) is 4.30. The van der Waals surface area contributed by atoms with E-state index >= 15 is 0 Å². The fourth-order valence-corrected chi connectivity index (χ4v) is 0.876. The molecular weight excluding hydrogens is 140 g/mol. The van der Waals surface area contributed by atoms with Crippen molar-refractivity contribution in [3.05, 3.63) is 12.2 Å². The Morgan fingerprint density at radius 3 is 2.55 bits per heavy atom. The lowest BCUT2D eigenvalue weighted by Gasteiger charge is -2.03. The number of hydrogen-bond acceptors (Lipinski definition) is 1. The first kappa shape index (κ1) is 10.7. The van der Waals surface area contributed by atoms with Gasteiger partial charge in [-0.3, -0.25) is 0 Å². The topological polar surface area (TPSA) is 29.1 Å². The Balaban J connectivity index is 3.49. The third-order valence-corrected chi connectivity index (χ3v) is 1.50. The molecule has 0 rings (SSSR count). The highest BCUT2D eigenvalue weighted by molar-refractivity contribution is 4.88. The van der Waals surface area contributed by atoms with Crippen molar-refractivity contribution < 1.29 is 10.1 Å². The van der Waals surface area contributed by atoms with Crippen LogP contribution in [-0.4, -0.2) is 6.10 Å². The van der Waals surface area contributed by atoms with E-state index in [2.05, 4.69) is 11.8 Å². The number of unbranched alkanes of at least 4 members (excludes halogenated alkanes) is 1. The molecule has 0 bridgehead atoms. The second kappa shape index (κ2) is 7.76. The van der Waals surface area contributed by atoms with E-state index in [1.807, 2.05) is 19.1 Å².